The van der Waals surface area contributed by atoms with Crippen molar-refractivity contribution in [2.75, 3.05) is 12.4 Å². The summed E-state index contributed by atoms with van der Waals surface area (Å²) in [6.45, 7) is 0. The Morgan fingerprint density at radius 3 is 2.75 bits per heavy atom. The Bertz CT molecular complexity index is 572. The molecule has 0 spiro atoms. The zero-order valence-electron chi connectivity index (χ0n) is 11.2. The second-order valence-electron chi connectivity index (χ2n) is 4.33. The van der Waals surface area contributed by atoms with E-state index in [1.54, 1.807) is 18.3 Å². The van der Waals surface area contributed by atoms with E-state index in [-0.39, 0.29) is 18.4 Å². The van der Waals surface area contributed by atoms with E-state index in [1.807, 2.05) is 30.3 Å². The van der Waals surface area contributed by atoms with Crippen LogP contribution in [0, 0.1) is 0 Å². The van der Waals surface area contributed by atoms with Gasteiger partial charge in [0.1, 0.15) is 5.69 Å². The van der Waals surface area contributed by atoms with Crippen molar-refractivity contribution in [2.24, 2.45) is 5.73 Å². The molecule has 20 heavy (non-hydrogen) atoms. The number of rotatable bonds is 5. The van der Waals surface area contributed by atoms with Crippen LogP contribution >= 0.6 is 0 Å². The number of hydrogen-bond acceptors (Lipinski definition) is 4. The molecule has 1 aromatic heterocycles. The van der Waals surface area contributed by atoms with E-state index < -0.39 is 0 Å². The van der Waals surface area contributed by atoms with Gasteiger partial charge in [0.2, 0.25) is 11.8 Å². The molecule has 5 heteroatoms. The number of nitrogens with one attached hydrogen (secondary N) is 1. The van der Waals surface area contributed by atoms with Crippen molar-refractivity contribution in [1.82, 2.24) is 4.98 Å². The molecule has 5 nitrogen and oxygen atoms in total. The molecule has 2 rings (SSSR count). The summed E-state index contributed by atoms with van der Waals surface area (Å²) in [6.07, 6.45) is 1.80. The molecule has 0 radical (unpaired) electrons. The largest absolute Gasteiger partial charge is 0.480 e. The predicted molar refractivity (Wildman–Crippen MR) is 77.4 cm³/mol. The Balaban J connectivity index is 1.99. The average molecular weight is 271 g/mol. The van der Waals surface area contributed by atoms with Crippen LogP contribution in [-0.2, 0) is 4.79 Å². The maximum absolute atomic E-state index is 12.0. The fraction of sp³-hybridized carbons (Fsp3) is 0.200. The van der Waals surface area contributed by atoms with E-state index >= 15 is 0 Å². The minimum Gasteiger partial charge on any atom is -0.480 e. The van der Waals surface area contributed by atoms with Gasteiger partial charge in [-0.15, -0.1) is 0 Å². The van der Waals surface area contributed by atoms with Crippen molar-refractivity contribution in [3.8, 4) is 5.88 Å². The van der Waals surface area contributed by atoms with Gasteiger partial charge in [0.05, 0.1) is 7.11 Å². The number of amides is 1. The molecule has 0 aliphatic carbocycles. The number of hydrogen-bond donors (Lipinski definition) is 2. The molecule has 1 heterocycles. The Morgan fingerprint density at radius 2 is 2.05 bits per heavy atom. The van der Waals surface area contributed by atoms with Crippen LogP contribution in [0.25, 0.3) is 0 Å². The SMILES string of the molecule is COc1ncccc1NC(=O)CC(N)c1ccccc1. The highest BCUT2D eigenvalue weighted by molar-refractivity contribution is 5.92. The summed E-state index contributed by atoms with van der Waals surface area (Å²) >= 11 is 0. The molecular formula is C15H17N3O2. The van der Waals surface area contributed by atoms with Crippen molar-refractivity contribution in [2.45, 2.75) is 12.5 Å². The maximum Gasteiger partial charge on any atom is 0.237 e. The van der Waals surface area contributed by atoms with E-state index in [1.165, 1.54) is 7.11 Å². The number of ether oxygens (including phenoxy) is 1. The van der Waals surface area contributed by atoms with Crippen molar-refractivity contribution < 1.29 is 9.53 Å². The third kappa shape index (κ3) is 3.55. The first-order valence-electron chi connectivity index (χ1n) is 6.30. The van der Waals surface area contributed by atoms with Crippen molar-refractivity contribution in [1.29, 1.82) is 0 Å². The first-order valence-corrected chi connectivity index (χ1v) is 6.30. The van der Waals surface area contributed by atoms with Crippen molar-refractivity contribution in [3.05, 3.63) is 54.2 Å². The van der Waals surface area contributed by atoms with E-state index in [0.717, 1.165) is 5.56 Å². The number of aromatic nitrogens is 1. The van der Waals surface area contributed by atoms with Crippen LogP contribution in [0.2, 0.25) is 0 Å². The molecular weight excluding hydrogens is 254 g/mol. The average Bonchev–Trinajstić information content (AvgIpc) is 2.48. The van der Waals surface area contributed by atoms with Crippen molar-refractivity contribution in [3.63, 3.8) is 0 Å². The van der Waals surface area contributed by atoms with Gasteiger partial charge in [-0.3, -0.25) is 4.79 Å². The fourth-order valence-corrected chi connectivity index (χ4v) is 1.87. The van der Waals surface area contributed by atoms with Crippen LogP contribution in [0.4, 0.5) is 5.69 Å². The molecule has 0 aliphatic heterocycles. The molecule has 1 aromatic carbocycles. The Morgan fingerprint density at radius 1 is 1.30 bits per heavy atom. The third-order valence-corrected chi connectivity index (χ3v) is 2.87. The van der Waals surface area contributed by atoms with E-state index in [9.17, 15) is 4.79 Å². The van der Waals surface area contributed by atoms with Crippen LogP contribution in [0.1, 0.15) is 18.0 Å². The normalized spacial score (nSPS) is 11.7. The lowest BCUT2D eigenvalue weighted by Crippen LogP contribution is -2.20. The zero-order valence-corrected chi connectivity index (χ0v) is 11.2. The number of anilines is 1. The lowest BCUT2D eigenvalue weighted by atomic mass is 10.0. The van der Waals surface area contributed by atoms with Crippen molar-refractivity contribution >= 4 is 11.6 Å². The fourth-order valence-electron chi connectivity index (χ4n) is 1.87. The Labute approximate surface area is 117 Å². The third-order valence-electron chi connectivity index (χ3n) is 2.87. The van der Waals surface area contributed by atoms with E-state index in [0.29, 0.717) is 11.6 Å². The molecule has 1 atom stereocenters. The lowest BCUT2D eigenvalue weighted by molar-refractivity contribution is -0.116. The van der Waals surface area contributed by atoms with Gasteiger partial charge < -0.3 is 15.8 Å². The lowest BCUT2D eigenvalue weighted by Gasteiger charge is -2.13. The topological polar surface area (TPSA) is 77.2 Å². The number of pyridine rings is 1. The summed E-state index contributed by atoms with van der Waals surface area (Å²) in [4.78, 5) is 16.0. The molecule has 2 aromatic rings. The summed E-state index contributed by atoms with van der Waals surface area (Å²) in [5.41, 5.74) is 7.49. The van der Waals surface area contributed by atoms with Gasteiger partial charge in [-0.1, -0.05) is 30.3 Å². The highest BCUT2D eigenvalue weighted by Crippen LogP contribution is 2.21. The van der Waals surface area contributed by atoms with Gasteiger partial charge in [0, 0.05) is 18.7 Å². The highest BCUT2D eigenvalue weighted by atomic mass is 16.5. The van der Waals surface area contributed by atoms with Gasteiger partial charge in [-0.25, -0.2) is 4.98 Å². The van der Waals surface area contributed by atoms with Crippen LogP contribution < -0.4 is 15.8 Å². The van der Waals surface area contributed by atoms with Gasteiger partial charge in [0.15, 0.2) is 0 Å². The highest BCUT2D eigenvalue weighted by Gasteiger charge is 2.13. The van der Waals surface area contributed by atoms with Crippen LogP contribution in [0.3, 0.4) is 0 Å². The number of methoxy groups -OCH3 is 1. The summed E-state index contributed by atoms with van der Waals surface area (Å²) < 4.78 is 5.08. The molecule has 0 aliphatic rings. The smallest absolute Gasteiger partial charge is 0.237 e. The molecule has 3 N–H and O–H groups in total. The van der Waals surface area contributed by atoms with Crippen LogP contribution in [0.5, 0.6) is 5.88 Å². The van der Waals surface area contributed by atoms with Gasteiger partial charge in [-0.2, -0.15) is 0 Å². The molecule has 1 unspecified atom stereocenters. The zero-order chi connectivity index (χ0) is 14.4. The molecule has 0 fully saturated rings. The number of carbonyl (C=O) groups is 1. The second-order valence-corrected chi connectivity index (χ2v) is 4.33. The van der Waals surface area contributed by atoms with E-state index in [2.05, 4.69) is 10.3 Å². The summed E-state index contributed by atoms with van der Waals surface area (Å²) in [5.74, 6) is 0.210. The van der Waals surface area contributed by atoms with Crippen LogP contribution in [-0.4, -0.2) is 18.0 Å². The summed E-state index contributed by atoms with van der Waals surface area (Å²) in [6, 6.07) is 12.7. The number of nitrogens with zero attached hydrogens (tertiary/aromatic N) is 1. The number of nitrogens with two attached hydrogens (primary N) is 1. The van der Waals surface area contributed by atoms with Gasteiger partial charge in [-0.05, 0) is 17.7 Å². The minimum absolute atomic E-state index is 0.173. The van der Waals surface area contributed by atoms with Crippen LogP contribution in [0.15, 0.2) is 48.7 Å². The Hall–Kier alpha value is -2.40. The summed E-state index contributed by atoms with van der Waals surface area (Å²) in [7, 11) is 1.51. The quantitative estimate of drug-likeness (QED) is 0.873. The number of carbonyl (C=O) groups excluding carboxylic acids is 1. The van der Waals surface area contributed by atoms with E-state index in [4.69, 9.17) is 10.5 Å². The first kappa shape index (κ1) is 14.0. The second kappa shape index (κ2) is 6.68. The van der Waals surface area contributed by atoms with Gasteiger partial charge >= 0.3 is 0 Å². The minimum atomic E-state index is -0.334. The summed E-state index contributed by atoms with van der Waals surface area (Å²) in [5, 5.41) is 2.76. The predicted octanol–water partition coefficient (Wildman–Crippen LogP) is 2.12. The number of benzene rings is 1. The molecule has 0 saturated carbocycles. The molecule has 0 saturated heterocycles. The monoisotopic (exact) mass is 271 g/mol. The van der Waals surface area contributed by atoms with Gasteiger partial charge in [0.25, 0.3) is 0 Å². The Kier molecular flexibility index (Phi) is 4.68. The molecule has 104 valence electrons. The molecule has 0 bridgehead atoms. The maximum atomic E-state index is 12.0. The first-order chi connectivity index (χ1) is 9.70. The standard InChI is InChI=1S/C15H17N3O2/c1-20-15-13(8-5-9-17-15)18-14(19)10-12(16)11-6-3-2-4-7-11/h2-9,12H,10,16H2,1H3,(H,18,19). The molecule has 1 amide bonds.